The van der Waals surface area contributed by atoms with Gasteiger partial charge in [-0.3, -0.25) is 4.55 Å². The predicted molar refractivity (Wildman–Crippen MR) is 89.7 cm³/mol. The van der Waals surface area contributed by atoms with Crippen LogP contribution in [0.5, 0.6) is 0 Å². The molecule has 1 rings (SSSR count). The van der Waals surface area contributed by atoms with E-state index in [1.807, 2.05) is 13.8 Å². The van der Waals surface area contributed by atoms with Crippen LogP contribution in [-0.2, 0) is 19.6 Å². The molecule has 1 atom stereocenters. The van der Waals surface area contributed by atoms with Crippen molar-refractivity contribution in [2.24, 2.45) is 5.92 Å². The van der Waals surface area contributed by atoms with Gasteiger partial charge in [-0.15, -0.1) is 11.8 Å². The molecule has 0 aromatic heterocycles. The summed E-state index contributed by atoms with van der Waals surface area (Å²) in [4.78, 5) is 23.0. The topological polar surface area (TPSA) is 133 Å². The van der Waals surface area contributed by atoms with Gasteiger partial charge in [-0.25, -0.2) is 4.79 Å². The minimum Gasteiger partial charge on any atom is -0.548 e. The Kier molecular flexibility index (Phi) is 11.5. The van der Waals surface area contributed by atoms with E-state index in [1.54, 1.807) is 0 Å². The molecule has 0 unspecified atom stereocenters. The van der Waals surface area contributed by atoms with Crippen molar-refractivity contribution in [2.45, 2.75) is 36.1 Å². The molecule has 1 aromatic rings. The standard InChI is InChI=1S/C15H21NO7S2.Na/c1-10(2)9-13(14(17)18)16-15(19)23-7-8-24-11-3-5-12(6-4-11)25(20,21)22;/h3-6,10,13H,7-9H2,1-2H3,(H,16,19)(H,17,18)(H,20,21,22);/q;+1/p-1/t13-;/m0./s1. The summed E-state index contributed by atoms with van der Waals surface area (Å²) in [6.07, 6.45) is -0.594. The van der Waals surface area contributed by atoms with Gasteiger partial charge in [0.05, 0.1) is 16.9 Å². The van der Waals surface area contributed by atoms with E-state index >= 15 is 0 Å². The molecule has 11 heteroatoms. The van der Waals surface area contributed by atoms with Gasteiger partial charge in [0.25, 0.3) is 10.1 Å². The smallest absolute Gasteiger partial charge is 0.548 e. The Hall–Kier alpha value is -0.780. The molecule has 0 fully saturated rings. The normalized spacial score (nSPS) is 12.2. The molecule has 0 aliphatic carbocycles. The predicted octanol–water partition coefficient (Wildman–Crippen LogP) is -2.08. The molecule has 1 aromatic carbocycles. The van der Waals surface area contributed by atoms with Gasteiger partial charge >= 0.3 is 35.7 Å². The van der Waals surface area contributed by atoms with E-state index < -0.39 is 28.2 Å². The Balaban J connectivity index is 0.00000625. The maximum atomic E-state index is 11.6. The number of benzene rings is 1. The zero-order chi connectivity index (χ0) is 19.0. The number of amides is 1. The number of aliphatic carboxylic acids is 1. The molecular formula is C15H20NNaO7S2. The van der Waals surface area contributed by atoms with Crippen LogP contribution in [0.1, 0.15) is 20.3 Å². The minimum absolute atomic E-state index is 0. The van der Waals surface area contributed by atoms with Gasteiger partial charge in [0.2, 0.25) is 0 Å². The largest absolute Gasteiger partial charge is 1.00 e. The monoisotopic (exact) mass is 413 g/mol. The van der Waals surface area contributed by atoms with Crippen LogP contribution in [0.3, 0.4) is 0 Å². The van der Waals surface area contributed by atoms with Crippen LogP contribution >= 0.6 is 11.8 Å². The van der Waals surface area contributed by atoms with Crippen LogP contribution in [0.2, 0.25) is 0 Å². The van der Waals surface area contributed by atoms with E-state index in [1.165, 1.54) is 36.0 Å². The summed E-state index contributed by atoms with van der Waals surface area (Å²) in [5, 5.41) is 13.2. The first-order valence-corrected chi connectivity index (χ1v) is 9.86. The van der Waals surface area contributed by atoms with Gasteiger partial charge in [0.15, 0.2) is 0 Å². The van der Waals surface area contributed by atoms with Crippen LogP contribution < -0.4 is 40.0 Å². The Labute approximate surface area is 179 Å². The summed E-state index contributed by atoms with van der Waals surface area (Å²) >= 11 is 1.31. The van der Waals surface area contributed by atoms with E-state index in [0.29, 0.717) is 5.75 Å². The molecule has 1 amide bonds. The fourth-order valence-electron chi connectivity index (χ4n) is 1.87. The average molecular weight is 413 g/mol. The summed E-state index contributed by atoms with van der Waals surface area (Å²) in [6, 6.07) is 4.46. The maximum absolute atomic E-state index is 11.6. The molecule has 26 heavy (non-hydrogen) atoms. The number of rotatable bonds is 9. The molecule has 0 aliphatic heterocycles. The maximum Gasteiger partial charge on any atom is 1.00 e. The second-order valence-electron chi connectivity index (χ2n) is 5.58. The van der Waals surface area contributed by atoms with E-state index in [4.69, 9.17) is 9.29 Å². The summed E-state index contributed by atoms with van der Waals surface area (Å²) < 4.78 is 35.6. The van der Waals surface area contributed by atoms with Crippen molar-refractivity contribution in [1.82, 2.24) is 5.32 Å². The van der Waals surface area contributed by atoms with Crippen LogP contribution in [-0.4, -0.2) is 43.4 Å². The van der Waals surface area contributed by atoms with Crippen molar-refractivity contribution < 1.29 is 62.0 Å². The molecule has 8 nitrogen and oxygen atoms in total. The van der Waals surface area contributed by atoms with Crippen molar-refractivity contribution in [3.63, 3.8) is 0 Å². The van der Waals surface area contributed by atoms with Gasteiger partial charge in [-0.1, -0.05) is 13.8 Å². The number of hydrogen-bond acceptors (Lipinski definition) is 7. The number of alkyl carbamates (subject to hydrolysis) is 1. The molecule has 0 saturated heterocycles. The summed E-state index contributed by atoms with van der Waals surface area (Å²) in [5.74, 6) is -0.901. The number of carbonyl (C=O) groups excluding carboxylic acids is 2. The van der Waals surface area contributed by atoms with Crippen LogP contribution in [0.25, 0.3) is 0 Å². The molecule has 0 aliphatic rings. The zero-order valence-corrected chi connectivity index (χ0v) is 18.4. The van der Waals surface area contributed by atoms with Gasteiger partial charge in [-0.2, -0.15) is 8.42 Å². The van der Waals surface area contributed by atoms with Crippen molar-refractivity contribution in [3.05, 3.63) is 24.3 Å². The van der Waals surface area contributed by atoms with Crippen molar-refractivity contribution in [1.29, 1.82) is 0 Å². The summed E-state index contributed by atoms with van der Waals surface area (Å²) in [5.41, 5.74) is 0. The number of nitrogens with one attached hydrogen (secondary N) is 1. The first kappa shape index (κ1) is 25.2. The van der Waals surface area contributed by atoms with E-state index in [9.17, 15) is 23.1 Å². The average Bonchev–Trinajstić information content (AvgIpc) is 2.50. The summed E-state index contributed by atoms with van der Waals surface area (Å²) in [6.45, 7) is 3.69. The minimum atomic E-state index is -4.22. The first-order valence-electron chi connectivity index (χ1n) is 7.44. The molecular weight excluding hydrogens is 393 g/mol. The quantitative estimate of drug-likeness (QED) is 0.204. The van der Waals surface area contributed by atoms with Crippen LogP contribution in [0.15, 0.2) is 34.1 Å². The second kappa shape index (κ2) is 11.8. The van der Waals surface area contributed by atoms with Gasteiger partial charge in [-0.05, 0) is 36.6 Å². The fraction of sp³-hybridized carbons (Fsp3) is 0.467. The van der Waals surface area contributed by atoms with Crippen molar-refractivity contribution >= 4 is 33.9 Å². The molecule has 0 radical (unpaired) electrons. The Morgan fingerprint density at radius 3 is 2.31 bits per heavy atom. The third kappa shape index (κ3) is 9.79. The van der Waals surface area contributed by atoms with E-state index in [2.05, 4.69) is 5.32 Å². The molecule has 140 valence electrons. The Morgan fingerprint density at radius 1 is 1.27 bits per heavy atom. The number of carboxylic acids is 1. The van der Waals surface area contributed by atoms with E-state index in [-0.39, 0.29) is 53.4 Å². The van der Waals surface area contributed by atoms with Crippen molar-refractivity contribution in [2.75, 3.05) is 12.4 Å². The molecule has 0 saturated carbocycles. The van der Waals surface area contributed by atoms with Gasteiger partial charge in [0, 0.05) is 10.6 Å². The van der Waals surface area contributed by atoms with E-state index in [0.717, 1.165) is 4.90 Å². The Bertz CT molecular complexity index is 692. The fourth-order valence-corrected chi connectivity index (χ4v) is 3.08. The summed E-state index contributed by atoms with van der Waals surface area (Å²) in [7, 11) is -4.22. The third-order valence-electron chi connectivity index (χ3n) is 2.99. The van der Waals surface area contributed by atoms with Gasteiger partial charge < -0.3 is 20.0 Å². The molecule has 0 heterocycles. The number of thioether (sulfide) groups is 1. The van der Waals surface area contributed by atoms with Crippen LogP contribution in [0, 0.1) is 5.92 Å². The Morgan fingerprint density at radius 2 is 1.85 bits per heavy atom. The second-order valence-corrected chi connectivity index (χ2v) is 8.17. The van der Waals surface area contributed by atoms with Gasteiger partial charge in [0.1, 0.15) is 6.61 Å². The first-order chi connectivity index (χ1) is 11.6. The number of ether oxygens (including phenoxy) is 1. The molecule has 2 N–H and O–H groups in total. The molecule has 0 bridgehead atoms. The number of hydrogen-bond donors (Lipinski definition) is 2. The zero-order valence-electron chi connectivity index (χ0n) is 14.8. The van der Waals surface area contributed by atoms with Crippen molar-refractivity contribution in [3.8, 4) is 0 Å². The third-order valence-corrected chi connectivity index (χ3v) is 4.83. The molecule has 0 spiro atoms. The number of carboxylic acid groups (broad SMARTS) is 1. The number of carbonyl (C=O) groups is 2. The SMILES string of the molecule is CC(C)C[C@H](NC(=O)OCCSc1ccc(S(=O)(=O)O)cc1)C(=O)[O-].[Na+]. The van der Waals surface area contributed by atoms with Crippen LogP contribution in [0.4, 0.5) is 4.79 Å².